The maximum absolute atomic E-state index is 5.49. The van der Waals surface area contributed by atoms with Crippen LogP contribution in [0.4, 0.5) is 0 Å². The van der Waals surface area contributed by atoms with Gasteiger partial charge in [0.25, 0.3) is 0 Å². The molecular weight excluding hydrogens is 282 g/mol. The molecule has 0 aromatic rings. The molecule has 0 atom stereocenters. The van der Waals surface area contributed by atoms with Crippen LogP contribution in [0.5, 0.6) is 0 Å². The van der Waals surface area contributed by atoms with Gasteiger partial charge in [0.2, 0.25) is 0 Å². The van der Waals surface area contributed by atoms with Gasteiger partial charge in [-0.05, 0) is 18.9 Å². The monoisotopic (exact) mass is 329 g/mol. The van der Waals surface area contributed by atoms with Crippen LogP contribution in [-0.4, -0.2) is 6.54 Å². The minimum absolute atomic E-state index is 0.873. The van der Waals surface area contributed by atoms with E-state index in [1.807, 2.05) is 0 Å². The van der Waals surface area contributed by atoms with E-state index in [4.69, 9.17) is 5.73 Å². The van der Waals surface area contributed by atoms with Gasteiger partial charge < -0.3 is 5.73 Å². The molecule has 142 valence electrons. The molecule has 0 aromatic heterocycles. The molecule has 0 aliphatic heterocycles. The van der Waals surface area contributed by atoms with Crippen LogP contribution in [0.1, 0.15) is 117 Å². The summed E-state index contributed by atoms with van der Waals surface area (Å²) in [7, 11) is 0. The van der Waals surface area contributed by atoms with Gasteiger partial charge in [-0.15, -0.1) is 0 Å². The highest BCUT2D eigenvalue weighted by molar-refractivity contribution is 4.51. The maximum atomic E-state index is 5.49. The van der Waals surface area contributed by atoms with Crippen LogP contribution in [0.25, 0.3) is 0 Å². The Kier molecular flexibility index (Phi) is 26.4. The summed E-state index contributed by atoms with van der Waals surface area (Å²) in [6, 6.07) is 0. The highest BCUT2D eigenvalue weighted by Crippen LogP contribution is 2.14. The van der Waals surface area contributed by atoms with Crippen LogP contribution in [0.15, 0.2) is 0 Å². The molecule has 0 aliphatic rings. The molecule has 0 heterocycles. The molecule has 23 heavy (non-hydrogen) atoms. The van der Waals surface area contributed by atoms with Crippen molar-refractivity contribution in [3.8, 4) is 0 Å². The molecule has 0 rings (SSSR count). The third-order valence-electron chi connectivity index (χ3n) is 4.49. The van der Waals surface area contributed by atoms with Crippen LogP contribution in [0.3, 0.4) is 0 Å². The predicted octanol–water partition coefficient (Wildman–Crippen LogP) is 5.66. The Morgan fingerprint density at radius 2 is 0.739 bits per heavy atom. The topological polar surface area (TPSA) is 78.1 Å². The van der Waals surface area contributed by atoms with Gasteiger partial charge in [-0.3, -0.25) is 11.7 Å². The van der Waals surface area contributed by atoms with Gasteiger partial charge in [-0.25, -0.2) is 0 Å². The summed E-state index contributed by atoms with van der Waals surface area (Å²) >= 11 is 0. The fraction of sp³-hybridized carbons (Fsp3) is 1.00. The average molecular weight is 330 g/mol. The summed E-state index contributed by atoms with van der Waals surface area (Å²) in [5.74, 6) is 8.89. The molecule has 0 bridgehead atoms. The molecule has 3 nitrogen and oxygen atoms in total. The summed E-state index contributed by atoms with van der Waals surface area (Å²) in [6.45, 7) is 5.54. The van der Waals surface area contributed by atoms with E-state index in [2.05, 4.69) is 25.5 Å². The van der Waals surface area contributed by atoms with Gasteiger partial charge in [0.15, 0.2) is 0 Å². The van der Waals surface area contributed by atoms with E-state index in [1.54, 1.807) is 0 Å². The molecule has 0 spiro atoms. The van der Waals surface area contributed by atoms with E-state index in [-0.39, 0.29) is 0 Å². The largest absolute Gasteiger partial charge is 0.330 e. The zero-order chi connectivity index (χ0) is 17.6. The summed E-state index contributed by atoms with van der Waals surface area (Å²) in [4.78, 5) is 0. The Morgan fingerprint density at radius 3 is 1.00 bits per heavy atom. The molecule has 0 aromatic carbocycles. The van der Waals surface area contributed by atoms with Crippen molar-refractivity contribution in [1.29, 1.82) is 0 Å². The third kappa shape index (κ3) is 27.0. The first-order valence-corrected chi connectivity index (χ1v) is 10.3. The molecule has 0 amide bonds. The van der Waals surface area contributed by atoms with Crippen molar-refractivity contribution in [2.75, 3.05) is 6.54 Å². The Labute approximate surface area is 147 Å². The number of unbranched alkanes of at least 4 members (excludes halogenated alkanes) is 14. The Hall–Kier alpha value is -0.120. The summed E-state index contributed by atoms with van der Waals surface area (Å²) in [5.41, 5.74) is 5.49. The number of nitrogens with two attached hydrogens (primary N) is 3. The standard InChI is InChI=1S/C20H43N.H4N2/c1-20(2)18-16-14-12-10-8-6-4-3-5-7-9-11-13-15-17-19-21;1-2/h20H,3-19,21H2,1-2H3;1-2H2. The van der Waals surface area contributed by atoms with E-state index in [0.29, 0.717) is 0 Å². The molecule has 3 heteroatoms. The lowest BCUT2D eigenvalue weighted by Crippen LogP contribution is -2.02. The molecule has 0 saturated carbocycles. The zero-order valence-electron chi connectivity index (χ0n) is 16.3. The van der Waals surface area contributed by atoms with E-state index < -0.39 is 0 Å². The number of hydrogen-bond donors (Lipinski definition) is 3. The minimum Gasteiger partial charge on any atom is -0.330 e. The second kappa shape index (κ2) is 24.1. The molecule has 0 fully saturated rings. The van der Waals surface area contributed by atoms with Crippen molar-refractivity contribution in [2.45, 2.75) is 117 Å². The lowest BCUT2D eigenvalue weighted by Gasteiger charge is -2.05. The maximum Gasteiger partial charge on any atom is -0.00773 e. The number of hydrazine groups is 1. The summed E-state index contributed by atoms with van der Waals surface area (Å²) in [5, 5.41) is 0. The minimum atomic E-state index is 0.873. The highest BCUT2D eigenvalue weighted by Gasteiger charge is 1.96. The third-order valence-corrected chi connectivity index (χ3v) is 4.49. The lowest BCUT2D eigenvalue weighted by molar-refractivity contribution is 0.502. The van der Waals surface area contributed by atoms with Crippen molar-refractivity contribution in [3.05, 3.63) is 0 Å². The smallest absolute Gasteiger partial charge is 0.00773 e. The van der Waals surface area contributed by atoms with Gasteiger partial charge in [-0.2, -0.15) is 0 Å². The van der Waals surface area contributed by atoms with Crippen molar-refractivity contribution in [3.63, 3.8) is 0 Å². The van der Waals surface area contributed by atoms with E-state index in [0.717, 1.165) is 12.5 Å². The van der Waals surface area contributed by atoms with Crippen LogP contribution in [-0.2, 0) is 0 Å². The van der Waals surface area contributed by atoms with Crippen molar-refractivity contribution < 1.29 is 0 Å². The fourth-order valence-corrected chi connectivity index (χ4v) is 3.00. The van der Waals surface area contributed by atoms with E-state index in [1.165, 1.54) is 103 Å². The molecule has 0 radical (unpaired) electrons. The van der Waals surface area contributed by atoms with Crippen LogP contribution < -0.4 is 17.4 Å². The van der Waals surface area contributed by atoms with Crippen molar-refractivity contribution >= 4 is 0 Å². The molecule has 0 unspecified atom stereocenters. The number of rotatable bonds is 17. The first-order valence-electron chi connectivity index (χ1n) is 10.3. The van der Waals surface area contributed by atoms with Gasteiger partial charge >= 0.3 is 0 Å². The molecule has 6 N–H and O–H groups in total. The zero-order valence-corrected chi connectivity index (χ0v) is 16.3. The average Bonchev–Trinajstić information content (AvgIpc) is 2.56. The fourth-order valence-electron chi connectivity index (χ4n) is 3.00. The molecule has 0 saturated heterocycles. The highest BCUT2D eigenvalue weighted by atomic mass is 15.0. The summed E-state index contributed by atoms with van der Waals surface area (Å²) < 4.78 is 0. The van der Waals surface area contributed by atoms with Crippen LogP contribution in [0, 0.1) is 5.92 Å². The van der Waals surface area contributed by atoms with Gasteiger partial charge in [0, 0.05) is 0 Å². The van der Waals surface area contributed by atoms with Gasteiger partial charge in [-0.1, -0.05) is 110 Å². The van der Waals surface area contributed by atoms with Crippen molar-refractivity contribution in [2.24, 2.45) is 23.3 Å². The first kappa shape index (κ1) is 25.1. The molecule has 0 aliphatic carbocycles. The van der Waals surface area contributed by atoms with E-state index in [9.17, 15) is 0 Å². The number of hydrogen-bond acceptors (Lipinski definition) is 3. The first-order chi connectivity index (χ1) is 11.3. The van der Waals surface area contributed by atoms with Crippen LogP contribution >= 0.6 is 0 Å². The predicted molar refractivity (Wildman–Crippen MR) is 106 cm³/mol. The van der Waals surface area contributed by atoms with Crippen molar-refractivity contribution in [1.82, 2.24) is 0 Å². The lowest BCUT2D eigenvalue weighted by atomic mass is 10.0. The summed E-state index contributed by atoms with van der Waals surface area (Å²) in [6.07, 6.45) is 22.9. The van der Waals surface area contributed by atoms with Crippen LogP contribution in [0.2, 0.25) is 0 Å². The Morgan fingerprint density at radius 1 is 0.478 bits per heavy atom. The normalized spacial score (nSPS) is 10.7. The van der Waals surface area contributed by atoms with Gasteiger partial charge in [0.05, 0.1) is 0 Å². The second-order valence-electron chi connectivity index (χ2n) is 7.27. The quantitative estimate of drug-likeness (QED) is 0.183. The SMILES string of the molecule is CC(C)CCCCCCCCCCCCCCCCCN.NN. The molecular formula is C20H47N3. The van der Waals surface area contributed by atoms with E-state index >= 15 is 0 Å². The second-order valence-corrected chi connectivity index (χ2v) is 7.27. The Bertz CT molecular complexity index is 184. The van der Waals surface area contributed by atoms with Gasteiger partial charge in [0.1, 0.15) is 0 Å². The Balaban J connectivity index is 0.